The van der Waals surface area contributed by atoms with Crippen molar-refractivity contribution < 1.29 is 13.2 Å². The van der Waals surface area contributed by atoms with Gasteiger partial charge in [0.1, 0.15) is 0 Å². The highest BCUT2D eigenvalue weighted by molar-refractivity contribution is 5.23. The average molecular weight is 379 g/mol. The number of hydrogen-bond acceptors (Lipinski definition) is 0. The highest BCUT2D eigenvalue weighted by atomic mass is 19.2. The third kappa shape index (κ3) is 5.39. The molecule has 3 heteroatoms. The fourth-order valence-corrected chi connectivity index (χ4v) is 5.37. The number of benzene rings is 1. The Balaban J connectivity index is 1.44. The van der Waals surface area contributed by atoms with Gasteiger partial charge in [0.05, 0.1) is 0 Å². The molecule has 27 heavy (non-hydrogen) atoms. The summed E-state index contributed by atoms with van der Waals surface area (Å²) in [5, 5.41) is 0. The summed E-state index contributed by atoms with van der Waals surface area (Å²) < 4.78 is 40.2. The highest BCUT2D eigenvalue weighted by Gasteiger charge is 2.31. The molecular weight excluding hydrogens is 345 g/mol. The van der Waals surface area contributed by atoms with E-state index in [2.05, 4.69) is 19.1 Å². The van der Waals surface area contributed by atoms with E-state index in [1.165, 1.54) is 57.1 Å². The molecule has 0 N–H and O–H groups in total. The van der Waals surface area contributed by atoms with Crippen LogP contribution in [0, 0.1) is 35.2 Å². The van der Waals surface area contributed by atoms with E-state index < -0.39 is 17.5 Å². The zero-order chi connectivity index (χ0) is 19.2. The monoisotopic (exact) mass is 378 g/mol. The Morgan fingerprint density at radius 1 is 0.852 bits per heavy atom. The van der Waals surface area contributed by atoms with Crippen molar-refractivity contribution in [1.82, 2.24) is 0 Å². The van der Waals surface area contributed by atoms with Crippen molar-refractivity contribution in [2.24, 2.45) is 17.8 Å². The van der Waals surface area contributed by atoms with Crippen molar-refractivity contribution in [3.63, 3.8) is 0 Å². The maximum Gasteiger partial charge on any atom is 0.194 e. The smallest absolute Gasteiger partial charge is 0.194 e. The quantitative estimate of drug-likeness (QED) is 0.268. The van der Waals surface area contributed by atoms with Gasteiger partial charge in [0.2, 0.25) is 0 Å². The van der Waals surface area contributed by atoms with Gasteiger partial charge in [0.25, 0.3) is 0 Å². The van der Waals surface area contributed by atoms with Crippen molar-refractivity contribution in [3.05, 3.63) is 47.3 Å². The van der Waals surface area contributed by atoms with Gasteiger partial charge in [-0.05, 0) is 99.7 Å². The SMILES string of the molecule is C/C=C/CCC[C@H]1CC[C@H]([C@H]2CC[C@H](c3cc(F)c(F)c(F)c3)CC2)CC1. The number of unbranched alkanes of at least 4 members (excludes halogenated alkanes) is 1. The van der Waals surface area contributed by atoms with Crippen LogP contribution in [0.1, 0.15) is 89.0 Å². The minimum atomic E-state index is -1.35. The molecule has 2 aliphatic carbocycles. The topological polar surface area (TPSA) is 0 Å². The highest BCUT2D eigenvalue weighted by Crippen LogP contribution is 2.44. The first-order valence-corrected chi connectivity index (χ1v) is 10.8. The second kappa shape index (κ2) is 9.80. The van der Waals surface area contributed by atoms with Gasteiger partial charge in [-0.1, -0.05) is 31.4 Å². The lowest BCUT2D eigenvalue weighted by Gasteiger charge is -2.38. The molecule has 0 aliphatic heterocycles. The Bertz CT molecular complexity index is 598. The van der Waals surface area contributed by atoms with Crippen LogP contribution in [-0.4, -0.2) is 0 Å². The van der Waals surface area contributed by atoms with Crippen molar-refractivity contribution in [3.8, 4) is 0 Å². The van der Waals surface area contributed by atoms with E-state index in [4.69, 9.17) is 0 Å². The Morgan fingerprint density at radius 3 is 1.96 bits per heavy atom. The van der Waals surface area contributed by atoms with E-state index in [-0.39, 0.29) is 5.92 Å². The maximum atomic E-state index is 13.5. The molecule has 150 valence electrons. The van der Waals surface area contributed by atoms with E-state index in [0.29, 0.717) is 5.56 Å². The van der Waals surface area contributed by atoms with Crippen LogP contribution in [0.2, 0.25) is 0 Å². The normalized spacial score (nSPS) is 29.3. The van der Waals surface area contributed by atoms with Crippen LogP contribution in [0.5, 0.6) is 0 Å². The predicted octanol–water partition coefficient (Wildman–Crippen LogP) is 7.93. The molecule has 0 spiro atoms. The molecule has 0 amide bonds. The van der Waals surface area contributed by atoms with E-state index in [9.17, 15) is 13.2 Å². The molecule has 2 aliphatic rings. The molecule has 1 aromatic carbocycles. The first-order valence-electron chi connectivity index (χ1n) is 10.8. The zero-order valence-electron chi connectivity index (χ0n) is 16.5. The molecule has 0 atom stereocenters. The van der Waals surface area contributed by atoms with Gasteiger partial charge in [-0.2, -0.15) is 0 Å². The van der Waals surface area contributed by atoms with Crippen molar-refractivity contribution in [2.75, 3.05) is 0 Å². The summed E-state index contributed by atoms with van der Waals surface area (Å²) in [6.07, 6.45) is 18.0. The molecular formula is C24H33F3. The second-order valence-corrected chi connectivity index (χ2v) is 8.69. The first-order chi connectivity index (χ1) is 13.1. The Labute approximate surface area is 162 Å². The molecule has 0 unspecified atom stereocenters. The summed E-state index contributed by atoms with van der Waals surface area (Å²) in [5.41, 5.74) is 0.634. The third-order valence-electron chi connectivity index (χ3n) is 7.03. The van der Waals surface area contributed by atoms with Crippen molar-refractivity contribution in [1.29, 1.82) is 0 Å². The van der Waals surface area contributed by atoms with Gasteiger partial charge < -0.3 is 0 Å². The van der Waals surface area contributed by atoms with Crippen LogP contribution in [0.4, 0.5) is 13.2 Å². The molecule has 0 nitrogen and oxygen atoms in total. The Morgan fingerprint density at radius 2 is 1.41 bits per heavy atom. The van der Waals surface area contributed by atoms with Gasteiger partial charge in [-0.25, -0.2) is 13.2 Å². The fourth-order valence-electron chi connectivity index (χ4n) is 5.37. The van der Waals surface area contributed by atoms with Gasteiger partial charge in [-0.3, -0.25) is 0 Å². The molecule has 0 radical (unpaired) electrons. The standard InChI is InChI=1S/C24H33F3/c1-2-3-4-5-6-17-7-9-18(10-8-17)19-11-13-20(14-12-19)21-15-22(25)24(27)23(26)16-21/h2-3,15-20H,4-14H2,1H3/b3-2+/t17-,18-,19-,20-. The molecule has 0 aromatic heterocycles. The Hall–Kier alpha value is -1.25. The van der Waals surface area contributed by atoms with E-state index in [0.717, 1.165) is 43.4 Å². The Kier molecular flexibility index (Phi) is 7.43. The van der Waals surface area contributed by atoms with Crippen molar-refractivity contribution >= 4 is 0 Å². The van der Waals surface area contributed by atoms with Gasteiger partial charge in [0, 0.05) is 0 Å². The molecule has 0 saturated heterocycles. The van der Waals surface area contributed by atoms with E-state index in [1.54, 1.807) is 0 Å². The summed E-state index contributed by atoms with van der Waals surface area (Å²) in [4.78, 5) is 0. The fraction of sp³-hybridized carbons (Fsp3) is 0.667. The lowest BCUT2D eigenvalue weighted by Crippen LogP contribution is -2.25. The summed E-state index contributed by atoms with van der Waals surface area (Å²) in [7, 11) is 0. The largest absolute Gasteiger partial charge is 0.204 e. The summed E-state index contributed by atoms with van der Waals surface area (Å²) in [6, 6.07) is 2.39. The van der Waals surface area contributed by atoms with Crippen molar-refractivity contribution in [2.45, 2.75) is 83.5 Å². The first kappa shape index (κ1) is 20.5. The number of rotatable bonds is 6. The van der Waals surface area contributed by atoms with Crippen LogP contribution in [0.3, 0.4) is 0 Å². The number of hydrogen-bond donors (Lipinski definition) is 0. The number of halogens is 3. The van der Waals surface area contributed by atoms with Crippen LogP contribution >= 0.6 is 0 Å². The van der Waals surface area contributed by atoms with Crippen LogP contribution in [0.15, 0.2) is 24.3 Å². The van der Waals surface area contributed by atoms with E-state index in [1.807, 2.05) is 0 Å². The summed E-state index contributed by atoms with van der Waals surface area (Å²) in [5.74, 6) is -0.781. The molecule has 3 rings (SSSR count). The van der Waals surface area contributed by atoms with Crippen LogP contribution in [-0.2, 0) is 0 Å². The van der Waals surface area contributed by atoms with Crippen LogP contribution < -0.4 is 0 Å². The molecule has 2 fully saturated rings. The minimum Gasteiger partial charge on any atom is -0.204 e. The lowest BCUT2D eigenvalue weighted by atomic mass is 9.68. The summed E-state index contributed by atoms with van der Waals surface area (Å²) >= 11 is 0. The average Bonchev–Trinajstić information content (AvgIpc) is 2.70. The second-order valence-electron chi connectivity index (χ2n) is 8.69. The third-order valence-corrected chi connectivity index (χ3v) is 7.03. The zero-order valence-corrected chi connectivity index (χ0v) is 16.5. The van der Waals surface area contributed by atoms with Gasteiger partial charge in [-0.15, -0.1) is 0 Å². The molecule has 0 heterocycles. The number of allylic oxidation sites excluding steroid dienone is 2. The minimum absolute atomic E-state index is 0.175. The van der Waals surface area contributed by atoms with Gasteiger partial charge >= 0.3 is 0 Å². The maximum absolute atomic E-state index is 13.5. The lowest BCUT2D eigenvalue weighted by molar-refractivity contribution is 0.156. The molecule has 1 aromatic rings. The van der Waals surface area contributed by atoms with Gasteiger partial charge in [0.15, 0.2) is 17.5 Å². The van der Waals surface area contributed by atoms with E-state index >= 15 is 0 Å². The molecule has 2 saturated carbocycles. The van der Waals surface area contributed by atoms with Crippen LogP contribution in [0.25, 0.3) is 0 Å². The predicted molar refractivity (Wildman–Crippen MR) is 105 cm³/mol. The molecule has 0 bridgehead atoms. The summed E-state index contributed by atoms with van der Waals surface area (Å²) in [6.45, 7) is 2.09.